The number of carbonyl (C=O) groups excluding carboxylic acids is 1. The van der Waals surface area contributed by atoms with Crippen molar-refractivity contribution in [2.45, 2.75) is 18.7 Å². The van der Waals surface area contributed by atoms with E-state index in [1.807, 2.05) is 0 Å². The molecule has 0 bridgehead atoms. The van der Waals surface area contributed by atoms with Gasteiger partial charge in [-0.2, -0.15) is 13.2 Å². The van der Waals surface area contributed by atoms with Gasteiger partial charge in [-0.1, -0.05) is 0 Å². The van der Waals surface area contributed by atoms with Gasteiger partial charge in [-0.15, -0.1) is 0 Å². The molecule has 1 heterocycles. The van der Waals surface area contributed by atoms with Crippen molar-refractivity contribution in [1.82, 2.24) is 0 Å². The fourth-order valence-electron chi connectivity index (χ4n) is 1.82. The summed E-state index contributed by atoms with van der Waals surface area (Å²) in [6.45, 7) is -0.197. The molecule has 0 radical (unpaired) electrons. The normalized spacial score (nSPS) is 20.6. The van der Waals surface area contributed by atoms with Crippen LogP contribution in [0.15, 0.2) is 18.2 Å². The fourth-order valence-corrected chi connectivity index (χ4v) is 1.82. The number of rotatable bonds is 1. The van der Waals surface area contributed by atoms with Crippen LogP contribution in [0.1, 0.15) is 12.0 Å². The van der Waals surface area contributed by atoms with Gasteiger partial charge in [0.05, 0.1) is 30.3 Å². The van der Waals surface area contributed by atoms with Crippen LogP contribution in [-0.2, 0) is 11.0 Å². The highest BCUT2D eigenvalue weighted by Gasteiger charge is 2.35. The Morgan fingerprint density at radius 3 is 2.50 bits per heavy atom. The topological polar surface area (TPSA) is 40.5 Å². The summed E-state index contributed by atoms with van der Waals surface area (Å²) in [4.78, 5) is 12.2. The van der Waals surface area contributed by atoms with E-state index in [-0.39, 0.29) is 13.0 Å². The Kier molecular flexibility index (Phi) is 3.02. The van der Waals surface area contributed by atoms with Crippen molar-refractivity contribution in [2.75, 3.05) is 11.4 Å². The van der Waals surface area contributed by atoms with Crippen LogP contribution in [0.3, 0.4) is 0 Å². The molecule has 1 aromatic rings. The third-order valence-corrected chi connectivity index (χ3v) is 2.67. The van der Waals surface area contributed by atoms with Crippen LogP contribution in [0.5, 0.6) is 0 Å². The lowest BCUT2D eigenvalue weighted by atomic mass is 10.1. The van der Waals surface area contributed by atoms with Crippen LogP contribution < -0.4 is 4.90 Å². The first-order valence-electron chi connectivity index (χ1n) is 5.14. The number of amides is 1. The van der Waals surface area contributed by atoms with Crippen molar-refractivity contribution in [1.29, 1.82) is 0 Å². The molecular formula is C11H9F4NO2. The Bertz CT molecular complexity index is 486. The maximum Gasteiger partial charge on any atom is 0.416 e. The van der Waals surface area contributed by atoms with E-state index >= 15 is 0 Å². The van der Waals surface area contributed by atoms with E-state index in [1.54, 1.807) is 0 Å². The van der Waals surface area contributed by atoms with E-state index in [1.165, 1.54) is 0 Å². The molecule has 18 heavy (non-hydrogen) atoms. The second-order valence-corrected chi connectivity index (χ2v) is 4.03. The van der Waals surface area contributed by atoms with Crippen molar-refractivity contribution in [3.05, 3.63) is 29.6 Å². The average molecular weight is 263 g/mol. The minimum Gasteiger partial charge on any atom is -0.391 e. The van der Waals surface area contributed by atoms with E-state index in [4.69, 9.17) is 0 Å². The number of carbonyl (C=O) groups is 1. The van der Waals surface area contributed by atoms with E-state index in [0.717, 1.165) is 4.90 Å². The van der Waals surface area contributed by atoms with Gasteiger partial charge in [0.1, 0.15) is 5.82 Å². The second-order valence-electron chi connectivity index (χ2n) is 4.03. The molecule has 0 spiro atoms. The Morgan fingerprint density at radius 2 is 2.00 bits per heavy atom. The molecule has 0 aliphatic carbocycles. The minimum atomic E-state index is -4.61. The maximum absolute atomic E-state index is 13.5. The molecule has 0 aromatic heterocycles. The number of nitrogens with zero attached hydrogens (tertiary/aromatic N) is 1. The Labute approximate surface area is 99.6 Å². The highest BCUT2D eigenvalue weighted by molar-refractivity contribution is 5.96. The van der Waals surface area contributed by atoms with Crippen LogP contribution in [0.4, 0.5) is 23.2 Å². The van der Waals surface area contributed by atoms with Gasteiger partial charge in [0, 0.05) is 0 Å². The molecular weight excluding hydrogens is 254 g/mol. The van der Waals surface area contributed by atoms with Crippen molar-refractivity contribution < 1.29 is 27.5 Å². The van der Waals surface area contributed by atoms with Gasteiger partial charge >= 0.3 is 6.18 Å². The number of anilines is 1. The lowest BCUT2D eigenvalue weighted by Crippen LogP contribution is -2.26. The summed E-state index contributed by atoms with van der Waals surface area (Å²) in [6.07, 6.45) is -5.80. The van der Waals surface area contributed by atoms with Crippen molar-refractivity contribution >= 4 is 11.6 Å². The summed E-state index contributed by atoms with van der Waals surface area (Å²) in [5, 5.41) is 9.24. The first kappa shape index (κ1) is 12.8. The lowest BCUT2D eigenvalue weighted by Gasteiger charge is -2.18. The zero-order valence-electron chi connectivity index (χ0n) is 9.04. The molecule has 1 fully saturated rings. The summed E-state index contributed by atoms with van der Waals surface area (Å²) in [5.74, 6) is -1.52. The molecule has 3 nitrogen and oxygen atoms in total. The van der Waals surface area contributed by atoms with Crippen LogP contribution in [0.2, 0.25) is 0 Å². The molecule has 1 N–H and O–H groups in total. The van der Waals surface area contributed by atoms with Crippen molar-refractivity contribution in [3.8, 4) is 0 Å². The van der Waals surface area contributed by atoms with Crippen molar-refractivity contribution in [3.63, 3.8) is 0 Å². The number of halogens is 4. The summed E-state index contributed by atoms with van der Waals surface area (Å²) in [6, 6.07) is 1.84. The number of benzene rings is 1. The molecule has 0 saturated carbocycles. The van der Waals surface area contributed by atoms with E-state index in [2.05, 4.69) is 0 Å². The van der Waals surface area contributed by atoms with Gasteiger partial charge in [-0.3, -0.25) is 4.79 Å². The predicted molar refractivity (Wildman–Crippen MR) is 54.4 cm³/mol. The predicted octanol–water partition coefficient (Wildman–Crippen LogP) is 1.94. The summed E-state index contributed by atoms with van der Waals surface area (Å²) >= 11 is 0. The van der Waals surface area contributed by atoms with Crippen LogP contribution >= 0.6 is 0 Å². The molecule has 7 heteroatoms. The Morgan fingerprint density at radius 1 is 1.33 bits per heavy atom. The lowest BCUT2D eigenvalue weighted by molar-refractivity contribution is -0.137. The maximum atomic E-state index is 13.5. The summed E-state index contributed by atoms with van der Waals surface area (Å²) < 4.78 is 50.9. The van der Waals surface area contributed by atoms with Crippen LogP contribution in [0.25, 0.3) is 0 Å². The number of aliphatic hydroxyl groups is 1. The Hall–Kier alpha value is -1.63. The van der Waals surface area contributed by atoms with Gasteiger partial charge in [-0.05, 0) is 18.2 Å². The highest BCUT2D eigenvalue weighted by Crippen LogP contribution is 2.34. The fraction of sp³-hybridized carbons (Fsp3) is 0.364. The number of aliphatic hydroxyl groups excluding tert-OH is 1. The largest absolute Gasteiger partial charge is 0.416 e. The smallest absolute Gasteiger partial charge is 0.391 e. The summed E-state index contributed by atoms with van der Waals surface area (Å²) in [7, 11) is 0. The third kappa shape index (κ3) is 2.31. The number of alkyl halides is 3. The molecule has 2 rings (SSSR count). The molecule has 98 valence electrons. The average Bonchev–Trinajstić information content (AvgIpc) is 2.56. The number of β-amino-alcohol motifs (C(OH)–C–C–N with tert-alkyl or cyclic N) is 1. The SMILES string of the molecule is O=C1CC(O)CN1c1cc(C(F)(F)F)ccc1F. The Balaban J connectivity index is 2.41. The number of hydrogen-bond acceptors (Lipinski definition) is 2. The molecule has 1 aliphatic heterocycles. The molecule has 1 aliphatic rings. The molecule has 1 saturated heterocycles. The van der Waals surface area contributed by atoms with Gasteiger partial charge in [0.2, 0.25) is 5.91 Å². The second kappa shape index (κ2) is 4.24. The third-order valence-electron chi connectivity index (χ3n) is 2.67. The first-order valence-corrected chi connectivity index (χ1v) is 5.14. The molecule has 1 unspecified atom stereocenters. The van der Waals surface area contributed by atoms with E-state index in [0.29, 0.717) is 18.2 Å². The van der Waals surface area contributed by atoms with Gasteiger partial charge < -0.3 is 10.0 Å². The zero-order valence-corrected chi connectivity index (χ0v) is 9.04. The van der Waals surface area contributed by atoms with Gasteiger partial charge in [0.25, 0.3) is 0 Å². The van der Waals surface area contributed by atoms with E-state index < -0.39 is 35.3 Å². The van der Waals surface area contributed by atoms with Crippen molar-refractivity contribution in [2.24, 2.45) is 0 Å². The quantitative estimate of drug-likeness (QED) is 0.787. The minimum absolute atomic E-state index is 0.197. The van der Waals surface area contributed by atoms with Gasteiger partial charge in [-0.25, -0.2) is 4.39 Å². The number of hydrogen-bond donors (Lipinski definition) is 1. The van der Waals surface area contributed by atoms with Gasteiger partial charge in [0.15, 0.2) is 0 Å². The standard InChI is InChI=1S/C11H9F4NO2/c12-8-2-1-6(11(13,14)15)3-9(8)16-5-7(17)4-10(16)18/h1-3,7,17H,4-5H2. The van der Waals surface area contributed by atoms with Crippen LogP contribution in [-0.4, -0.2) is 23.7 Å². The molecule has 1 amide bonds. The zero-order chi connectivity index (χ0) is 13.5. The summed E-state index contributed by atoms with van der Waals surface area (Å²) in [5.41, 5.74) is -1.49. The monoisotopic (exact) mass is 263 g/mol. The molecule has 1 aromatic carbocycles. The molecule has 1 atom stereocenters. The van der Waals surface area contributed by atoms with Crippen LogP contribution in [0, 0.1) is 5.82 Å². The first-order chi connectivity index (χ1) is 8.29. The van der Waals surface area contributed by atoms with E-state index in [9.17, 15) is 27.5 Å². The highest BCUT2D eigenvalue weighted by atomic mass is 19.4.